The lowest BCUT2D eigenvalue weighted by molar-refractivity contribution is -0.112. The van der Waals surface area contributed by atoms with Crippen LogP contribution in [0.3, 0.4) is 0 Å². The van der Waals surface area contributed by atoms with Crippen LogP contribution in [0.2, 0.25) is 5.02 Å². The van der Waals surface area contributed by atoms with Crippen LogP contribution in [0.15, 0.2) is 48.0 Å². The smallest absolute Gasteiger partial charge is 0.266 e. The molecule has 30 heavy (non-hydrogen) atoms. The van der Waals surface area contributed by atoms with Crippen molar-refractivity contribution in [3.05, 3.63) is 64.2 Å². The third kappa shape index (κ3) is 4.52. The topological polar surface area (TPSA) is 56.1 Å². The van der Waals surface area contributed by atoms with Crippen molar-refractivity contribution in [1.29, 1.82) is 5.26 Å². The van der Waals surface area contributed by atoms with Crippen molar-refractivity contribution in [2.45, 2.75) is 58.5 Å². The molecule has 0 fully saturated rings. The number of hydrogen-bond acceptors (Lipinski definition) is 3. The Bertz CT molecular complexity index is 1030. The molecule has 0 spiro atoms. The van der Waals surface area contributed by atoms with Crippen molar-refractivity contribution in [3.8, 4) is 6.07 Å². The van der Waals surface area contributed by atoms with E-state index in [4.69, 9.17) is 11.6 Å². The zero-order valence-corrected chi connectivity index (χ0v) is 18.9. The van der Waals surface area contributed by atoms with Gasteiger partial charge < -0.3 is 10.2 Å². The van der Waals surface area contributed by atoms with Gasteiger partial charge >= 0.3 is 0 Å². The average Bonchev–Trinajstić information content (AvgIpc) is 2.65. The number of amides is 1. The number of carbonyl (C=O) groups excluding carboxylic acids is 1. The molecule has 2 aromatic carbocycles. The number of anilines is 2. The van der Waals surface area contributed by atoms with Crippen LogP contribution in [0.25, 0.3) is 6.08 Å². The Kier molecular flexibility index (Phi) is 6.24. The Labute approximate surface area is 184 Å². The van der Waals surface area contributed by atoms with Gasteiger partial charge in [-0.15, -0.1) is 0 Å². The van der Waals surface area contributed by atoms with Crippen molar-refractivity contribution in [2.24, 2.45) is 0 Å². The summed E-state index contributed by atoms with van der Waals surface area (Å²) in [5, 5.41) is 12.8. The van der Waals surface area contributed by atoms with Crippen LogP contribution in [0.1, 0.15) is 58.1 Å². The monoisotopic (exact) mass is 421 g/mol. The first kappa shape index (κ1) is 21.9. The summed E-state index contributed by atoms with van der Waals surface area (Å²) >= 11 is 5.97. The van der Waals surface area contributed by atoms with Gasteiger partial charge in [-0.2, -0.15) is 5.26 Å². The highest BCUT2D eigenvalue weighted by Gasteiger charge is 2.37. The molecule has 4 nitrogen and oxygen atoms in total. The lowest BCUT2D eigenvalue weighted by atomic mass is 9.79. The molecule has 1 atom stereocenters. The molecule has 2 aromatic rings. The lowest BCUT2D eigenvalue weighted by Gasteiger charge is -2.50. The Hall–Kier alpha value is -2.77. The van der Waals surface area contributed by atoms with E-state index in [-0.39, 0.29) is 11.1 Å². The SMILES string of the molecule is CC(C)N1c2ccc(/C=C(/C#N)C(=O)Nc3cccc(Cl)c3)cc2[C@H](C)CC1(C)C. The molecule has 1 aliphatic rings. The van der Waals surface area contributed by atoms with Crippen LogP contribution in [-0.4, -0.2) is 17.5 Å². The molecule has 0 aliphatic carbocycles. The summed E-state index contributed by atoms with van der Waals surface area (Å²) in [7, 11) is 0. The van der Waals surface area contributed by atoms with Gasteiger partial charge in [0.2, 0.25) is 0 Å². The molecule has 156 valence electrons. The van der Waals surface area contributed by atoms with E-state index >= 15 is 0 Å². The minimum atomic E-state index is -0.449. The van der Waals surface area contributed by atoms with Crippen molar-refractivity contribution in [3.63, 3.8) is 0 Å². The number of nitrogens with zero attached hydrogens (tertiary/aromatic N) is 2. The van der Waals surface area contributed by atoms with Gasteiger partial charge in [0.1, 0.15) is 11.6 Å². The van der Waals surface area contributed by atoms with E-state index in [1.54, 1.807) is 30.3 Å². The maximum Gasteiger partial charge on any atom is 0.266 e. The summed E-state index contributed by atoms with van der Waals surface area (Å²) in [5.74, 6) is -0.0559. The summed E-state index contributed by atoms with van der Waals surface area (Å²) in [6, 6.07) is 15.5. The van der Waals surface area contributed by atoms with Gasteiger partial charge in [0.05, 0.1) is 0 Å². The second-order valence-electron chi connectivity index (χ2n) is 8.83. The van der Waals surface area contributed by atoms with Gasteiger partial charge in [-0.25, -0.2) is 0 Å². The summed E-state index contributed by atoms with van der Waals surface area (Å²) in [6.07, 6.45) is 2.69. The Morgan fingerprint density at radius 1 is 1.30 bits per heavy atom. The molecule has 1 N–H and O–H groups in total. The van der Waals surface area contributed by atoms with Crippen LogP contribution in [0.4, 0.5) is 11.4 Å². The number of rotatable bonds is 4. The van der Waals surface area contributed by atoms with Crippen molar-refractivity contribution in [2.75, 3.05) is 10.2 Å². The summed E-state index contributed by atoms with van der Waals surface area (Å²) < 4.78 is 0. The molecule has 1 aliphatic heterocycles. The summed E-state index contributed by atoms with van der Waals surface area (Å²) in [6.45, 7) is 11.2. The molecular weight excluding hydrogens is 394 g/mol. The van der Waals surface area contributed by atoms with E-state index < -0.39 is 5.91 Å². The first-order valence-electron chi connectivity index (χ1n) is 10.2. The molecule has 1 amide bonds. The third-order valence-electron chi connectivity index (χ3n) is 5.57. The van der Waals surface area contributed by atoms with Crippen LogP contribution >= 0.6 is 11.6 Å². The van der Waals surface area contributed by atoms with Gasteiger partial charge in [0.15, 0.2) is 0 Å². The number of benzene rings is 2. The second-order valence-corrected chi connectivity index (χ2v) is 9.27. The van der Waals surface area contributed by atoms with E-state index in [0.717, 1.165) is 12.0 Å². The van der Waals surface area contributed by atoms with Crippen molar-refractivity contribution in [1.82, 2.24) is 0 Å². The molecule has 3 rings (SSSR count). The first-order valence-corrected chi connectivity index (χ1v) is 10.6. The number of halogens is 1. The number of fused-ring (bicyclic) bond motifs is 1. The first-order chi connectivity index (χ1) is 14.1. The van der Waals surface area contributed by atoms with E-state index in [2.05, 4.69) is 57.0 Å². The van der Waals surface area contributed by atoms with Crippen LogP contribution in [0.5, 0.6) is 0 Å². The fourth-order valence-corrected chi connectivity index (χ4v) is 4.81. The maximum atomic E-state index is 12.6. The Morgan fingerprint density at radius 2 is 2.03 bits per heavy atom. The quantitative estimate of drug-likeness (QED) is 0.459. The standard InChI is InChI=1S/C25H28ClN3O/c1-16(2)29-23-10-9-18(12-22(23)17(3)14-25(29,4)5)11-19(15-27)24(30)28-21-8-6-7-20(26)13-21/h6-13,16-17H,14H2,1-5H3,(H,28,30)/b19-11-/t17-/m1/s1. The maximum absolute atomic E-state index is 12.6. The molecule has 0 saturated heterocycles. The highest BCUT2D eigenvalue weighted by atomic mass is 35.5. The van der Waals surface area contributed by atoms with Gasteiger partial charge in [0.25, 0.3) is 5.91 Å². The second kappa shape index (κ2) is 8.53. The van der Waals surface area contributed by atoms with Crippen LogP contribution in [-0.2, 0) is 4.79 Å². The zero-order valence-electron chi connectivity index (χ0n) is 18.2. The average molecular weight is 422 g/mol. The van der Waals surface area contributed by atoms with E-state index in [1.165, 1.54) is 11.3 Å². The van der Waals surface area contributed by atoms with Gasteiger partial charge in [-0.1, -0.05) is 30.7 Å². The molecule has 0 unspecified atom stereocenters. The van der Waals surface area contributed by atoms with E-state index in [9.17, 15) is 10.1 Å². The van der Waals surface area contributed by atoms with E-state index in [1.807, 2.05) is 12.1 Å². The number of nitrogens with one attached hydrogen (secondary N) is 1. The molecule has 5 heteroatoms. The predicted molar refractivity (Wildman–Crippen MR) is 125 cm³/mol. The van der Waals surface area contributed by atoms with E-state index in [0.29, 0.717) is 22.7 Å². The molecule has 0 saturated carbocycles. The van der Waals surface area contributed by atoms with Gasteiger partial charge in [-0.05, 0) is 87.6 Å². The Balaban J connectivity index is 1.92. The zero-order chi connectivity index (χ0) is 22.1. The lowest BCUT2D eigenvalue weighted by Crippen LogP contribution is -2.51. The largest absolute Gasteiger partial charge is 0.364 e. The number of nitriles is 1. The van der Waals surface area contributed by atoms with Crippen molar-refractivity contribution >= 4 is 35.0 Å². The van der Waals surface area contributed by atoms with Crippen molar-refractivity contribution < 1.29 is 4.79 Å². The Morgan fingerprint density at radius 3 is 2.67 bits per heavy atom. The highest BCUT2D eigenvalue weighted by Crippen LogP contribution is 2.44. The molecule has 0 radical (unpaired) electrons. The molecular formula is C25H28ClN3O. The number of carbonyl (C=O) groups is 1. The summed E-state index contributed by atoms with van der Waals surface area (Å²) in [4.78, 5) is 15.1. The normalized spacial score (nSPS) is 18.0. The highest BCUT2D eigenvalue weighted by molar-refractivity contribution is 6.31. The van der Waals surface area contributed by atoms with Crippen LogP contribution in [0, 0.1) is 11.3 Å². The van der Waals surface area contributed by atoms with Gasteiger partial charge in [-0.3, -0.25) is 4.79 Å². The molecule has 0 bridgehead atoms. The number of hydrogen-bond donors (Lipinski definition) is 1. The fourth-order valence-electron chi connectivity index (χ4n) is 4.62. The minimum Gasteiger partial charge on any atom is -0.364 e. The van der Waals surface area contributed by atoms with Crippen LogP contribution < -0.4 is 10.2 Å². The summed E-state index contributed by atoms with van der Waals surface area (Å²) in [5.41, 5.74) is 4.02. The fraction of sp³-hybridized carbons (Fsp3) is 0.360. The third-order valence-corrected chi connectivity index (χ3v) is 5.81. The molecule has 1 heterocycles. The van der Waals surface area contributed by atoms with Gasteiger partial charge in [0, 0.05) is 28.0 Å². The predicted octanol–water partition coefficient (Wildman–Crippen LogP) is 6.39. The minimum absolute atomic E-state index is 0.0550. The molecule has 0 aromatic heterocycles.